The molecule has 7 heteroatoms. The Morgan fingerprint density at radius 2 is 1.59 bits per heavy atom. The molecule has 0 saturated carbocycles. The van der Waals surface area contributed by atoms with Crippen LogP contribution in [0.3, 0.4) is 0 Å². The zero-order valence-corrected chi connectivity index (χ0v) is 20.9. The number of Topliss-reactive ketones (excluding diaryl/α,β-unsaturated/α-hetero) is 1. The SMILES string of the molecule is COC(=O)[C@@]1(CC(=O)CCl)CC(O[Si](c2ccccc2)(c2ccccc2)C(C)(C)C)CN1. The van der Waals surface area contributed by atoms with Gasteiger partial charge in [0.2, 0.25) is 0 Å². The van der Waals surface area contributed by atoms with Crippen LogP contribution in [0.25, 0.3) is 0 Å². The number of hydrogen-bond donors (Lipinski definition) is 1. The molecule has 1 aliphatic heterocycles. The average molecular weight is 474 g/mol. The van der Waals surface area contributed by atoms with Crippen molar-refractivity contribution in [2.24, 2.45) is 0 Å². The Labute approximate surface area is 196 Å². The number of alkyl halides is 1. The fourth-order valence-electron chi connectivity index (χ4n) is 4.81. The molecule has 1 fully saturated rings. The number of carbonyl (C=O) groups is 2. The number of methoxy groups -OCH3 is 1. The Morgan fingerprint density at radius 3 is 2.03 bits per heavy atom. The van der Waals surface area contributed by atoms with Gasteiger partial charge < -0.3 is 9.16 Å². The van der Waals surface area contributed by atoms with Gasteiger partial charge in [-0.3, -0.25) is 14.9 Å². The van der Waals surface area contributed by atoms with E-state index in [1.165, 1.54) is 17.5 Å². The standard InChI is InChI=1S/C25H32ClNO4Si/c1-24(2,3)32(21-11-7-5-8-12-21,22-13-9-6-10-14-22)31-20-16-25(27-18-20,23(29)30-4)15-19(28)17-26/h5-14,20,27H,15-18H2,1-4H3/t20?,25-/m1/s1. The third kappa shape index (κ3) is 4.69. The summed E-state index contributed by atoms with van der Waals surface area (Å²) in [5, 5.41) is 5.42. The van der Waals surface area contributed by atoms with Crippen molar-refractivity contribution < 1.29 is 18.8 Å². The van der Waals surface area contributed by atoms with E-state index in [0.29, 0.717) is 13.0 Å². The highest BCUT2D eigenvalue weighted by Gasteiger charge is 2.55. The second-order valence-corrected chi connectivity index (χ2v) is 13.9. The topological polar surface area (TPSA) is 64.6 Å². The summed E-state index contributed by atoms with van der Waals surface area (Å²) in [7, 11) is -1.43. The molecule has 32 heavy (non-hydrogen) atoms. The van der Waals surface area contributed by atoms with Crippen LogP contribution in [0.5, 0.6) is 0 Å². The van der Waals surface area contributed by atoms with E-state index in [2.05, 4.69) is 50.4 Å². The fraction of sp³-hybridized carbons (Fsp3) is 0.440. The molecule has 2 aromatic carbocycles. The second-order valence-electron chi connectivity index (χ2n) is 9.41. The third-order valence-electron chi connectivity index (χ3n) is 6.23. The summed E-state index contributed by atoms with van der Waals surface area (Å²) in [4.78, 5) is 24.9. The molecule has 0 aromatic heterocycles. The van der Waals surface area contributed by atoms with Crippen molar-refractivity contribution in [3.63, 3.8) is 0 Å². The lowest BCUT2D eigenvalue weighted by atomic mass is 9.91. The van der Waals surface area contributed by atoms with Gasteiger partial charge in [-0.2, -0.15) is 0 Å². The van der Waals surface area contributed by atoms with Gasteiger partial charge in [-0.25, -0.2) is 0 Å². The largest absolute Gasteiger partial charge is 0.468 e. The van der Waals surface area contributed by atoms with Crippen LogP contribution in [0, 0.1) is 0 Å². The molecule has 0 radical (unpaired) electrons. The highest BCUT2D eigenvalue weighted by atomic mass is 35.5. The zero-order valence-electron chi connectivity index (χ0n) is 19.2. The molecule has 1 heterocycles. The maximum Gasteiger partial charge on any atom is 0.326 e. The molecule has 1 aliphatic rings. The van der Waals surface area contributed by atoms with Gasteiger partial charge in [-0.15, -0.1) is 11.6 Å². The van der Waals surface area contributed by atoms with Crippen LogP contribution in [0.4, 0.5) is 0 Å². The minimum atomic E-state index is -2.77. The number of ketones is 1. The maximum atomic E-state index is 12.7. The number of nitrogens with one attached hydrogen (secondary N) is 1. The summed E-state index contributed by atoms with van der Waals surface area (Å²) in [6.07, 6.45) is 0.0832. The van der Waals surface area contributed by atoms with Crippen LogP contribution in [0.15, 0.2) is 60.7 Å². The first-order chi connectivity index (χ1) is 15.2. The molecular formula is C25H32ClNO4Si. The Hall–Kier alpha value is -1.99. The Morgan fingerprint density at radius 1 is 1.06 bits per heavy atom. The van der Waals surface area contributed by atoms with E-state index >= 15 is 0 Å². The molecule has 5 nitrogen and oxygen atoms in total. The first-order valence-corrected chi connectivity index (χ1v) is 13.3. The van der Waals surface area contributed by atoms with Crippen molar-refractivity contribution in [2.45, 2.75) is 50.3 Å². The van der Waals surface area contributed by atoms with Crippen LogP contribution >= 0.6 is 11.6 Å². The number of hydrogen-bond acceptors (Lipinski definition) is 5. The number of ether oxygens (including phenoxy) is 1. The molecule has 1 saturated heterocycles. The van der Waals surface area contributed by atoms with E-state index in [4.69, 9.17) is 20.8 Å². The zero-order chi connectivity index (χ0) is 23.4. The number of halogens is 1. The predicted octanol–water partition coefficient (Wildman–Crippen LogP) is 3.03. The number of esters is 1. The van der Waals surface area contributed by atoms with Crippen molar-refractivity contribution in [1.29, 1.82) is 0 Å². The Bertz CT molecular complexity index is 892. The summed E-state index contributed by atoms with van der Waals surface area (Å²) in [6.45, 7) is 7.10. The second kappa shape index (κ2) is 9.87. The normalized spacial score (nSPS) is 21.3. The lowest BCUT2D eigenvalue weighted by molar-refractivity contribution is -0.150. The Balaban J connectivity index is 2.05. The van der Waals surface area contributed by atoms with Crippen LogP contribution < -0.4 is 15.7 Å². The highest BCUT2D eigenvalue weighted by molar-refractivity contribution is 6.99. The summed E-state index contributed by atoms with van der Waals surface area (Å²) in [6, 6.07) is 20.7. The molecule has 172 valence electrons. The lowest BCUT2D eigenvalue weighted by Crippen LogP contribution is -2.67. The molecule has 2 atom stereocenters. The van der Waals surface area contributed by atoms with Gasteiger partial charge in [0, 0.05) is 19.4 Å². The van der Waals surface area contributed by atoms with E-state index in [9.17, 15) is 9.59 Å². The van der Waals surface area contributed by atoms with Crippen LogP contribution in [-0.2, 0) is 18.8 Å². The van der Waals surface area contributed by atoms with Crippen molar-refractivity contribution in [3.8, 4) is 0 Å². The molecule has 2 aromatic rings. The number of benzene rings is 2. The maximum absolute atomic E-state index is 12.7. The van der Waals surface area contributed by atoms with E-state index in [-0.39, 0.29) is 29.2 Å². The van der Waals surface area contributed by atoms with Gasteiger partial charge >= 0.3 is 5.97 Å². The van der Waals surface area contributed by atoms with E-state index < -0.39 is 19.8 Å². The number of carbonyl (C=O) groups excluding carboxylic acids is 2. The van der Waals surface area contributed by atoms with E-state index in [1.807, 2.05) is 36.4 Å². The summed E-state index contributed by atoms with van der Waals surface area (Å²) >= 11 is 5.75. The quantitative estimate of drug-likeness (QED) is 0.362. The van der Waals surface area contributed by atoms with Gasteiger partial charge in [0.25, 0.3) is 8.32 Å². The Kier molecular flexibility index (Phi) is 7.60. The van der Waals surface area contributed by atoms with E-state index in [0.717, 1.165) is 0 Å². The van der Waals surface area contributed by atoms with Crippen molar-refractivity contribution >= 4 is 42.0 Å². The van der Waals surface area contributed by atoms with Crippen LogP contribution in [0.2, 0.25) is 5.04 Å². The first kappa shape index (κ1) is 24.6. The van der Waals surface area contributed by atoms with Gasteiger partial charge in [0.05, 0.1) is 19.1 Å². The predicted molar refractivity (Wildman–Crippen MR) is 130 cm³/mol. The molecule has 0 spiro atoms. The summed E-state index contributed by atoms with van der Waals surface area (Å²) in [5.41, 5.74) is -1.11. The molecule has 0 amide bonds. The molecule has 1 N–H and O–H groups in total. The third-order valence-corrected chi connectivity index (χ3v) is 11.6. The average Bonchev–Trinajstić information content (AvgIpc) is 3.20. The van der Waals surface area contributed by atoms with Crippen LogP contribution in [-0.4, -0.2) is 51.2 Å². The van der Waals surface area contributed by atoms with E-state index in [1.54, 1.807) is 0 Å². The van der Waals surface area contributed by atoms with Gasteiger partial charge in [0.1, 0.15) is 11.3 Å². The summed E-state index contributed by atoms with van der Waals surface area (Å²) < 4.78 is 12.2. The minimum Gasteiger partial charge on any atom is -0.468 e. The smallest absolute Gasteiger partial charge is 0.326 e. The minimum absolute atomic E-state index is 0.0101. The molecule has 0 aliphatic carbocycles. The molecule has 1 unspecified atom stereocenters. The van der Waals surface area contributed by atoms with Crippen molar-refractivity contribution in [1.82, 2.24) is 5.32 Å². The van der Waals surface area contributed by atoms with Crippen LogP contribution in [0.1, 0.15) is 33.6 Å². The fourth-order valence-corrected chi connectivity index (χ4v) is 9.58. The highest BCUT2D eigenvalue weighted by Crippen LogP contribution is 2.39. The number of rotatable bonds is 8. The van der Waals surface area contributed by atoms with Gasteiger partial charge in [-0.05, 0) is 15.4 Å². The van der Waals surface area contributed by atoms with Gasteiger partial charge in [-0.1, -0.05) is 81.4 Å². The van der Waals surface area contributed by atoms with Gasteiger partial charge in [0.15, 0.2) is 0 Å². The monoisotopic (exact) mass is 473 g/mol. The molecule has 3 rings (SSSR count). The lowest BCUT2D eigenvalue weighted by Gasteiger charge is -2.44. The first-order valence-electron chi connectivity index (χ1n) is 10.9. The van der Waals surface area contributed by atoms with Crippen molar-refractivity contribution in [3.05, 3.63) is 60.7 Å². The van der Waals surface area contributed by atoms with Crippen molar-refractivity contribution in [2.75, 3.05) is 19.5 Å². The molecular weight excluding hydrogens is 442 g/mol. The summed E-state index contributed by atoms with van der Waals surface area (Å²) in [5.74, 6) is -0.791. The molecule has 0 bridgehead atoms.